The summed E-state index contributed by atoms with van der Waals surface area (Å²) in [5.41, 5.74) is 1.19. The summed E-state index contributed by atoms with van der Waals surface area (Å²) in [5.74, 6) is -1.51. The monoisotopic (exact) mass is 425 g/mol. The Morgan fingerprint density at radius 1 is 0.963 bits per heavy atom. The van der Waals surface area contributed by atoms with Crippen LogP contribution in [0, 0.1) is 16.0 Å². The molecule has 1 atom stereocenters. The van der Waals surface area contributed by atoms with Gasteiger partial charge >= 0.3 is 0 Å². The van der Waals surface area contributed by atoms with Gasteiger partial charge in [-0.05, 0) is 12.1 Å². The molecule has 1 aliphatic carbocycles. The molecule has 1 heterocycles. The van der Waals surface area contributed by atoms with Crippen LogP contribution in [-0.4, -0.2) is 23.0 Å². The van der Waals surface area contributed by atoms with Crippen LogP contribution in [0.15, 0.2) is 70.4 Å². The van der Waals surface area contributed by atoms with Crippen LogP contribution in [0.5, 0.6) is 0 Å². The van der Waals surface area contributed by atoms with Gasteiger partial charge in [-0.15, -0.1) is 0 Å². The van der Waals surface area contributed by atoms with Crippen molar-refractivity contribution in [3.8, 4) is 0 Å². The van der Waals surface area contributed by atoms with Crippen LogP contribution in [0.2, 0.25) is 0 Å². The molecule has 2 aromatic carbocycles. The number of Topliss-reactive ketones (excluding diaryl/α,β-unsaturated/α-hetero) is 2. The molecule has 0 unspecified atom stereocenters. The second-order valence-corrected chi connectivity index (χ2v) is 7.04. The number of hydrogen-bond donors (Lipinski definition) is 0. The first-order valence-electron chi connectivity index (χ1n) is 8.16. The van der Waals surface area contributed by atoms with Gasteiger partial charge in [0, 0.05) is 26.1 Å². The zero-order valence-electron chi connectivity index (χ0n) is 13.8. The number of hydrogen-bond acceptors (Lipinski definition) is 5. The molecule has 0 spiro atoms. The zero-order chi connectivity index (χ0) is 19.1. The fraction of sp³-hybridized carbons (Fsp3) is 0.100. The molecule has 7 heteroatoms. The Hall–Kier alpha value is -3.06. The molecule has 134 valence electrons. The number of carbonyl (C=O) groups excluding carboxylic acids is 2. The minimum absolute atomic E-state index is 0.0474. The van der Waals surface area contributed by atoms with E-state index in [1.54, 1.807) is 48.5 Å². The van der Waals surface area contributed by atoms with E-state index in [0.29, 0.717) is 11.3 Å². The van der Waals surface area contributed by atoms with Gasteiger partial charge in [-0.2, -0.15) is 0 Å². The van der Waals surface area contributed by atoms with Crippen LogP contribution in [-0.2, 0) is 4.74 Å². The highest BCUT2D eigenvalue weighted by Crippen LogP contribution is 2.40. The molecular formula is C20H12BrNO5. The van der Waals surface area contributed by atoms with Crippen molar-refractivity contribution in [2.45, 2.75) is 0 Å². The topological polar surface area (TPSA) is 86.5 Å². The molecule has 0 N–H and O–H groups in total. The van der Waals surface area contributed by atoms with Crippen LogP contribution in [0.25, 0.3) is 5.76 Å². The van der Waals surface area contributed by atoms with Crippen LogP contribution in [0.3, 0.4) is 0 Å². The highest BCUT2D eigenvalue weighted by atomic mass is 79.9. The largest absolute Gasteiger partial charge is 0.452 e. The van der Waals surface area contributed by atoms with Crippen molar-refractivity contribution in [2.75, 3.05) is 6.54 Å². The van der Waals surface area contributed by atoms with Crippen molar-refractivity contribution in [1.29, 1.82) is 0 Å². The van der Waals surface area contributed by atoms with Gasteiger partial charge < -0.3 is 4.74 Å². The second-order valence-electron chi connectivity index (χ2n) is 6.18. The number of fused-ring (bicyclic) bond motifs is 1. The number of allylic oxidation sites excluding steroid dienone is 1. The smallest absolute Gasteiger partial charge is 0.229 e. The first-order chi connectivity index (χ1) is 13.0. The third kappa shape index (κ3) is 2.90. The van der Waals surface area contributed by atoms with Gasteiger partial charge in [0.25, 0.3) is 0 Å². The maximum atomic E-state index is 12.9. The molecule has 0 aromatic heterocycles. The van der Waals surface area contributed by atoms with Crippen molar-refractivity contribution < 1.29 is 19.2 Å². The summed E-state index contributed by atoms with van der Waals surface area (Å²) in [4.78, 5) is 36.6. The SMILES string of the molecule is O=C1C2=C(C(=O)c3ccccc31)[C@H](C[N+](=O)[O-])C=C(c1ccccc1Br)O2. The second kappa shape index (κ2) is 6.59. The van der Waals surface area contributed by atoms with Crippen LogP contribution < -0.4 is 0 Å². The zero-order valence-corrected chi connectivity index (χ0v) is 15.4. The van der Waals surface area contributed by atoms with Gasteiger partial charge in [-0.3, -0.25) is 19.7 Å². The maximum Gasteiger partial charge on any atom is 0.229 e. The third-order valence-electron chi connectivity index (χ3n) is 4.53. The molecule has 4 rings (SSSR count). The molecular weight excluding hydrogens is 414 g/mol. The summed E-state index contributed by atoms with van der Waals surface area (Å²) in [6, 6.07) is 13.6. The predicted octanol–water partition coefficient (Wildman–Crippen LogP) is 4.05. The number of nitro groups is 1. The van der Waals surface area contributed by atoms with Crippen LogP contribution in [0.1, 0.15) is 26.3 Å². The average molecular weight is 426 g/mol. The van der Waals surface area contributed by atoms with Gasteiger partial charge in [0.15, 0.2) is 11.5 Å². The van der Waals surface area contributed by atoms with Gasteiger partial charge in [-0.25, -0.2) is 0 Å². The van der Waals surface area contributed by atoms with Crippen LogP contribution in [0.4, 0.5) is 0 Å². The van der Waals surface area contributed by atoms with E-state index in [1.165, 1.54) is 0 Å². The van der Waals surface area contributed by atoms with E-state index < -0.39 is 29.0 Å². The Morgan fingerprint density at radius 2 is 1.56 bits per heavy atom. The molecule has 6 nitrogen and oxygen atoms in total. The van der Waals surface area contributed by atoms with E-state index in [4.69, 9.17) is 4.74 Å². The van der Waals surface area contributed by atoms with Gasteiger partial charge in [0.2, 0.25) is 12.3 Å². The molecule has 0 saturated carbocycles. The van der Waals surface area contributed by atoms with Crippen molar-refractivity contribution in [3.05, 3.63) is 97.2 Å². The summed E-state index contributed by atoms with van der Waals surface area (Å²) in [6.07, 6.45) is 1.54. The van der Waals surface area contributed by atoms with Crippen molar-refractivity contribution in [1.82, 2.24) is 0 Å². The van der Waals surface area contributed by atoms with E-state index in [1.807, 2.05) is 6.07 Å². The van der Waals surface area contributed by atoms with E-state index in [9.17, 15) is 19.7 Å². The molecule has 2 aliphatic rings. The Bertz CT molecular complexity index is 1070. The molecule has 27 heavy (non-hydrogen) atoms. The fourth-order valence-electron chi connectivity index (χ4n) is 3.33. The standard InChI is InChI=1S/C20H12BrNO5/c21-15-8-4-3-7-14(15)16-9-11(10-22(25)26)17-18(23)12-5-1-2-6-13(12)19(24)20(17)27-16/h1-9,11H,10H2/t11-/m0/s1. The van der Waals surface area contributed by atoms with E-state index >= 15 is 0 Å². The van der Waals surface area contributed by atoms with E-state index in [-0.39, 0.29) is 22.5 Å². The summed E-state index contributed by atoms with van der Waals surface area (Å²) < 4.78 is 6.54. The molecule has 2 aromatic rings. The minimum atomic E-state index is -0.851. The Labute approximate surface area is 162 Å². The summed E-state index contributed by atoms with van der Waals surface area (Å²) in [5, 5.41) is 11.2. The molecule has 0 saturated heterocycles. The number of halogens is 1. The quantitative estimate of drug-likeness (QED) is 0.546. The van der Waals surface area contributed by atoms with Crippen LogP contribution >= 0.6 is 15.9 Å². The predicted molar refractivity (Wildman–Crippen MR) is 101 cm³/mol. The molecule has 1 aliphatic heterocycles. The van der Waals surface area contributed by atoms with Crippen molar-refractivity contribution in [2.24, 2.45) is 5.92 Å². The van der Waals surface area contributed by atoms with E-state index in [0.717, 1.165) is 4.47 Å². The highest BCUT2D eigenvalue weighted by Gasteiger charge is 2.41. The van der Waals surface area contributed by atoms with Crippen molar-refractivity contribution in [3.63, 3.8) is 0 Å². The number of ether oxygens (including phenoxy) is 1. The summed E-state index contributed by atoms with van der Waals surface area (Å²) in [6.45, 7) is -0.503. The van der Waals surface area contributed by atoms with Gasteiger partial charge in [0.1, 0.15) is 5.76 Å². The number of ketones is 2. The van der Waals surface area contributed by atoms with Gasteiger partial charge in [0.05, 0.1) is 11.5 Å². The lowest BCUT2D eigenvalue weighted by molar-refractivity contribution is -0.484. The fourth-order valence-corrected chi connectivity index (χ4v) is 3.81. The molecule has 0 radical (unpaired) electrons. The summed E-state index contributed by atoms with van der Waals surface area (Å²) >= 11 is 3.42. The normalized spacial score (nSPS) is 18.4. The minimum Gasteiger partial charge on any atom is -0.452 e. The third-order valence-corrected chi connectivity index (χ3v) is 5.22. The lowest BCUT2D eigenvalue weighted by Crippen LogP contribution is -2.32. The Kier molecular flexibility index (Phi) is 4.24. The number of nitrogens with zero attached hydrogens (tertiary/aromatic N) is 1. The lowest BCUT2D eigenvalue weighted by atomic mass is 9.80. The van der Waals surface area contributed by atoms with E-state index in [2.05, 4.69) is 15.9 Å². The lowest BCUT2D eigenvalue weighted by Gasteiger charge is -2.28. The Morgan fingerprint density at radius 3 is 2.19 bits per heavy atom. The first kappa shape index (κ1) is 17.4. The number of carbonyl (C=O) groups is 2. The molecule has 0 fully saturated rings. The van der Waals surface area contributed by atoms with Crippen molar-refractivity contribution >= 4 is 33.3 Å². The highest BCUT2D eigenvalue weighted by molar-refractivity contribution is 9.10. The summed E-state index contributed by atoms with van der Waals surface area (Å²) in [7, 11) is 0. The Balaban J connectivity index is 1.87. The number of benzene rings is 2. The first-order valence-corrected chi connectivity index (χ1v) is 8.95. The van der Waals surface area contributed by atoms with Gasteiger partial charge in [-0.1, -0.05) is 58.4 Å². The molecule has 0 amide bonds. The molecule has 0 bridgehead atoms. The maximum absolute atomic E-state index is 12.9. The number of rotatable bonds is 3. The average Bonchev–Trinajstić information content (AvgIpc) is 2.65.